The first kappa shape index (κ1) is 13.5. The molecular formula is C11H21BrO2S. The lowest BCUT2D eigenvalue weighted by molar-refractivity contribution is 0.291. The van der Waals surface area contributed by atoms with Crippen LogP contribution >= 0.6 is 15.9 Å². The molecule has 0 aromatic carbocycles. The lowest BCUT2D eigenvalue weighted by Gasteiger charge is -2.27. The van der Waals surface area contributed by atoms with Gasteiger partial charge in [-0.05, 0) is 37.0 Å². The predicted octanol–water partition coefficient (Wildman–Crippen LogP) is 3.01. The molecule has 1 saturated carbocycles. The molecule has 0 bridgehead atoms. The van der Waals surface area contributed by atoms with Gasteiger partial charge in [0.15, 0.2) is 0 Å². The molecule has 1 unspecified atom stereocenters. The van der Waals surface area contributed by atoms with Crippen LogP contribution in [0.1, 0.15) is 39.5 Å². The largest absolute Gasteiger partial charge is 0.229 e. The third-order valence-electron chi connectivity index (χ3n) is 3.51. The van der Waals surface area contributed by atoms with E-state index in [0.29, 0.717) is 11.2 Å². The van der Waals surface area contributed by atoms with Gasteiger partial charge in [0.25, 0.3) is 0 Å². The maximum Gasteiger partial charge on any atom is 0.150 e. The van der Waals surface area contributed by atoms with Gasteiger partial charge in [-0.2, -0.15) is 0 Å². The van der Waals surface area contributed by atoms with Crippen molar-refractivity contribution in [1.29, 1.82) is 0 Å². The second kappa shape index (κ2) is 5.17. The summed E-state index contributed by atoms with van der Waals surface area (Å²) < 4.78 is 22.7. The van der Waals surface area contributed by atoms with Crippen molar-refractivity contribution in [3.05, 3.63) is 0 Å². The highest BCUT2D eigenvalue weighted by Gasteiger charge is 2.40. The number of sulfone groups is 1. The van der Waals surface area contributed by atoms with Crippen LogP contribution in [0.3, 0.4) is 0 Å². The molecular weight excluding hydrogens is 276 g/mol. The molecule has 0 saturated heterocycles. The first-order valence-electron chi connectivity index (χ1n) is 5.70. The normalized spacial score (nSPS) is 21.3. The summed E-state index contributed by atoms with van der Waals surface area (Å²) in [6.07, 6.45) is 4.49. The molecule has 4 heteroatoms. The van der Waals surface area contributed by atoms with Crippen LogP contribution in [0.4, 0.5) is 0 Å². The Morgan fingerprint density at radius 1 is 1.40 bits per heavy atom. The maximum absolute atomic E-state index is 11.3. The van der Waals surface area contributed by atoms with E-state index in [0.717, 1.165) is 24.1 Å². The van der Waals surface area contributed by atoms with Crippen LogP contribution in [0.25, 0.3) is 0 Å². The summed E-state index contributed by atoms with van der Waals surface area (Å²) in [5.74, 6) is 1.46. The lowest BCUT2D eigenvalue weighted by Crippen LogP contribution is -2.22. The average Bonchev–Trinajstić information content (AvgIpc) is 3.01. The minimum atomic E-state index is -2.77. The smallest absolute Gasteiger partial charge is 0.150 e. The van der Waals surface area contributed by atoms with Crippen LogP contribution in [0, 0.1) is 11.3 Å². The molecule has 0 spiro atoms. The third-order valence-corrected chi connectivity index (χ3v) is 6.58. The Morgan fingerprint density at radius 2 is 2.00 bits per heavy atom. The fourth-order valence-corrected chi connectivity index (χ4v) is 3.61. The molecule has 1 rings (SSSR count). The first-order valence-corrected chi connectivity index (χ1v) is 8.64. The molecule has 0 aromatic rings. The Balaban J connectivity index is 2.35. The van der Waals surface area contributed by atoms with Crippen molar-refractivity contribution in [3.63, 3.8) is 0 Å². The van der Waals surface area contributed by atoms with Gasteiger partial charge in [-0.1, -0.05) is 29.8 Å². The number of hydrogen-bond acceptors (Lipinski definition) is 2. The Labute approximate surface area is 102 Å². The number of alkyl halides is 1. The Kier molecular flexibility index (Phi) is 4.65. The van der Waals surface area contributed by atoms with Crippen LogP contribution < -0.4 is 0 Å². The fraction of sp³-hybridized carbons (Fsp3) is 1.00. The van der Waals surface area contributed by atoms with Gasteiger partial charge in [-0.15, -0.1) is 0 Å². The van der Waals surface area contributed by atoms with E-state index in [-0.39, 0.29) is 5.75 Å². The third kappa shape index (κ3) is 4.06. The first-order chi connectivity index (χ1) is 6.93. The van der Waals surface area contributed by atoms with Crippen molar-refractivity contribution in [2.75, 3.05) is 16.8 Å². The van der Waals surface area contributed by atoms with Crippen molar-refractivity contribution in [2.45, 2.75) is 39.5 Å². The van der Waals surface area contributed by atoms with Crippen molar-refractivity contribution in [2.24, 2.45) is 11.3 Å². The summed E-state index contributed by atoms with van der Waals surface area (Å²) in [4.78, 5) is 0. The van der Waals surface area contributed by atoms with Crippen molar-refractivity contribution < 1.29 is 8.42 Å². The average molecular weight is 297 g/mol. The number of rotatable bonds is 7. The van der Waals surface area contributed by atoms with Gasteiger partial charge in [0.05, 0.1) is 5.75 Å². The van der Waals surface area contributed by atoms with E-state index in [9.17, 15) is 8.42 Å². The zero-order valence-electron chi connectivity index (χ0n) is 9.63. The van der Waals surface area contributed by atoms with E-state index >= 15 is 0 Å². The van der Waals surface area contributed by atoms with Crippen molar-refractivity contribution >= 4 is 25.8 Å². The van der Waals surface area contributed by atoms with Gasteiger partial charge < -0.3 is 0 Å². The summed E-state index contributed by atoms with van der Waals surface area (Å²) in [6.45, 7) is 4.00. The molecule has 0 heterocycles. The van der Waals surface area contributed by atoms with Crippen molar-refractivity contribution in [1.82, 2.24) is 0 Å². The lowest BCUT2D eigenvalue weighted by atomic mass is 9.83. The topological polar surface area (TPSA) is 34.1 Å². The monoisotopic (exact) mass is 296 g/mol. The van der Waals surface area contributed by atoms with Gasteiger partial charge >= 0.3 is 0 Å². The highest BCUT2D eigenvalue weighted by Crippen LogP contribution is 2.49. The number of hydrogen-bond donors (Lipinski definition) is 0. The molecule has 2 nitrogen and oxygen atoms in total. The molecule has 0 aliphatic heterocycles. The molecule has 0 radical (unpaired) electrons. The second-order valence-corrected chi connectivity index (χ2v) is 7.94. The molecule has 1 aliphatic carbocycles. The van der Waals surface area contributed by atoms with E-state index < -0.39 is 9.84 Å². The number of halogens is 1. The van der Waals surface area contributed by atoms with Crippen LogP contribution in [0.2, 0.25) is 0 Å². The van der Waals surface area contributed by atoms with Crippen LogP contribution in [0.15, 0.2) is 0 Å². The van der Waals surface area contributed by atoms with E-state index in [1.165, 1.54) is 12.8 Å². The molecule has 0 N–H and O–H groups in total. The van der Waals surface area contributed by atoms with Gasteiger partial charge in [0.1, 0.15) is 9.84 Å². The SMILES string of the molecule is CCS(=O)(=O)CCCC(C)(CBr)C1CC1. The summed E-state index contributed by atoms with van der Waals surface area (Å²) in [7, 11) is -2.77. The Hall–Kier alpha value is 0.430. The van der Waals surface area contributed by atoms with Gasteiger partial charge in [-0.3, -0.25) is 0 Å². The summed E-state index contributed by atoms with van der Waals surface area (Å²) in [6, 6.07) is 0. The minimum Gasteiger partial charge on any atom is -0.229 e. The van der Waals surface area contributed by atoms with E-state index in [2.05, 4.69) is 22.9 Å². The second-order valence-electron chi connectivity index (χ2n) is 4.90. The van der Waals surface area contributed by atoms with Crippen LogP contribution in [-0.4, -0.2) is 25.3 Å². The van der Waals surface area contributed by atoms with Gasteiger partial charge in [0, 0.05) is 11.1 Å². The molecule has 1 atom stereocenters. The molecule has 15 heavy (non-hydrogen) atoms. The Morgan fingerprint density at radius 3 is 2.40 bits per heavy atom. The maximum atomic E-state index is 11.3. The summed E-state index contributed by atoms with van der Waals surface area (Å²) in [5, 5.41) is 0.997. The standard InChI is InChI=1S/C11H21BrO2S/c1-3-15(13,14)8-4-7-11(2,9-12)10-5-6-10/h10H,3-9H2,1-2H3. The summed E-state index contributed by atoms with van der Waals surface area (Å²) >= 11 is 3.56. The fourth-order valence-electron chi connectivity index (χ4n) is 2.00. The highest BCUT2D eigenvalue weighted by molar-refractivity contribution is 9.09. The van der Waals surface area contributed by atoms with Gasteiger partial charge in [0.2, 0.25) is 0 Å². The highest BCUT2D eigenvalue weighted by atomic mass is 79.9. The van der Waals surface area contributed by atoms with Gasteiger partial charge in [-0.25, -0.2) is 8.42 Å². The molecule has 1 aliphatic rings. The van der Waals surface area contributed by atoms with Crippen LogP contribution in [0.5, 0.6) is 0 Å². The zero-order chi connectivity index (χ0) is 11.5. The summed E-state index contributed by atoms with van der Waals surface area (Å²) in [5.41, 5.74) is 0.323. The van der Waals surface area contributed by atoms with E-state index in [1.54, 1.807) is 6.92 Å². The van der Waals surface area contributed by atoms with Crippen LogP contribution in [-0.2, 0) is 9.84 Å². The molecule has 90 valence electrons. The van der Waals surface area contributed by atoms with Crippen molar-refractivity contribution in [3.8, 4) is 0 Å². The molecule has 1 fully saturated rings. The minimum absolute atomic E-state index is 0.279. The van der Waals surface area contributed by atoms with E-state index in [1.807, 2.05) is 0 Å². The Bertz CT molecular complexity index is 296. The molecule has 0 amide bonds. The molecule has 0 aromatic heterocycles. The zero-order valence-corrected chi connectivity index (χ0v) is 12.0. The van der Waals surface area contributed by atoms with E-state index in [4.69, 9.17) is 0 Å². The quantitative estimate of drug-likeness (QED) is 0.677. The predicted molar refractivity (Wildman–Crippen MR) is 68.2 cm³/mol.